The van der Waals surface area contributed by atoms with Crippen LogP contribution in [-0.2, 0) is 9.59 Å². The maximum atomic E-state index is 14.2. The zero-order chi connectivity index (χ0) is 39.4. The van der Waals surface area contributed by atoms with Crippen LogP contribution in [0.3, 0.4) is 0 Å². The van der Waals surface area contributed by atoms with Gasteiger partial charge in [-0.05, 0) is 64.2 Å². The third-order valence-corrected chi connectivity index (χ3v) is 9.44. The molecular formula is C50H39N3O4. The number of nitrogens with one attached hydrogen (secondary N) is 3. The summed E-state index contributed by atoms with van der Waals surface area (Å²) in [6.45, 7) is 0. The van der Waals surface area contributed by atoms with E-state index in [0.717, 1.165) is 27.8 Å². The Morgan fingerprint density at radius 1 is 0.386 bits per heavy atom. The van der Waals surface area contributed by atoms with E-state index in [1.807, 2.05) is 140 Å². The first-order valence-electron chi connectivity index (χ1n) is 18.6. The SMILES string of the molecule is O=C(/C=C/c1ccc(NC(=O)c2cc(NC(=O)C(c3ccccc3)c3ccccc3)cc(NC(=O)C(c3ccccc3)c3ccccc3)c2)cc1)c1ccccc1. The van der Waals surface area contributed by atoms with Gasteiger partial charge in [-0.1, -0.05) is 170 Å². The first-order chi connectivity index (χ1) is 27.9. The first-order valence-corrected chi connectivity index (χ1v) is 18.6. The molecule has 0 bridgehead atoms. The van der Waals surface area contributed by atoms with Gasteiger partial charge in [0.15, 0.2) is 5.78 Å². The zero-order valence-corrected chi connectivity index (χ0v) is 30.9. The molecule has 0 aliphatic carbocycles. The Labute approximate surface area is 331 Å². The van der Waals surface area contributed by atoms with Crippen molar-refractivity contribution in [3.63, 3.8) is 0 Å². The second kappa shape index (κ2) is 18.1. The Hall–Kier alpha value is -7.64. The number of anilines is 3. The highest BCUT2D eigenvalue weighted by Crippen LogP contribution is 2.30. The van der Waals surface area contributed by atoms with E-state index in [4.69, 9.17) is 0 Å². The first kappa shape index (κ1) is 37.7. The quantitative estimate of drug-likeness (QED) is 0.0807. The van der Waals surface area contributed by atoms with Crippen molar-refractivity contribution in [2.24, 2.45) is 0 Å². The van der Waals surface area contributed by atoms with Crippen molar-refractivity contribution < 1.29 is 19.2 Å². The van der Waals surface area contributed by atoms with Crippen LogP contribution in [0.4, 0.5) is 17.1 Å². The second-order valence-corrected chi connectivity index (χ2v) is 13.4. The van der Waals surface area contributed by atoms with Gasteiger partial charge in [0, 0.05) is 28.2 Å². The summed E-state index contributed by atoms with van der Waals surface area (Å²) in [7, 11) is 0. The van der Waals surface area contributed by atoms with Crippen molar-refractivity contribution in [1.82, 2.24) is 0 Å². The Morgan fingerprint density at radius 3 is 1.18 bits per heavy atom. The van der Waals surface area contributed by atoms with Gasteiger partial charge in [0.25, 0.3) is 5.91 Å². The second-order valence-electron chi connectivity index (χ2n) is 13.4. The molecule has 3 N–H and O–H groups in total. The van der Waals surface area contributed by atoms with Gasteiger partial charge in [-0.15, -0.1) is 0 Å². The number of allylic oxidation sites excluding steroid dienone is 1. The number of ketones is 1. The fourth-order valence-electron chi connectivity index (χ4n) is 6.66. The van der Waals surface area contributed by atoms with Crippen molar-refractivity contribution in [2.75, 3.05) is 16.0 Å². The topological polar surface area (TPSA) is 104 Å². The summed E-state index contributed by atoms with van der Waals surface area (Å²) in [5, 5.41) is 9.01. The van der Waals surface area contributed by atoms with Crippen molar-refractivity contribution in [3.05, 3.63) is 239 Å². The molecule has 3 amide bonds. The lowest BCUT2D eigenvalue weighted by atomic mass is 9.90. The van der Waals surface area contributed by atoms with E-state index < -0.39 is 17.7 Å². The van der Waals surface area contributed by atoms with E-state index in [2.05, 4.69) is 16.0 Å². The van der Waals surface area contributed by atoms with E-state index in [1.165, 1.54) is 6.08 Å². The van der Waals surface area contributed by atoms with Crippen molar-refractivity contribution in [2.45, 2.75) is 11.8 Å². The molecule has 7 aromatic carbocycles. The molecule has 7 rings (SSSR count). The van der Waals surface area contributed by atoms with Crippen LogP contribution in [0.1, 0.15) is 60.4 Å². The molecule has 0 saturated heterocycles. The van der Waals surface area contributed by atoms with Crippen LogP contribution in [0.5, 0.6) is 0 Å². The molecule has 0 unspecified atom stereocenters. The van der Waals surface area contributed by atoms with Crippen LogP contribution >= 0.6 is 0 Å². The summed E-state index contributed by atoms with van der Waals surface area (Å²) in [6, 6.07) is 58.9. The van der Waals surface area contributed by atoms with Gasteiger partial charge < -0.3 is 16.0 Å². The molecule has 0 aliphatic rings. The number of amides is 3. The fourth-order valence-corrected chi connectivity index (χ4v) is 6.66. The van der Waals surface area contributed by atoms with Crippen LogP contribution in [0.2, 0.25) is 0 Å². The minimum absolute atomic E-state index is 0.111. The van der Waals surface area contributed by atoms with Gasteiger partial charge in [0.2, 0.25) is 11.8 Å². The Balaban J connectivity index is 1.18. The number of benzene rings is 7. The predicted octanol–water partition coefficient (Wildman–Crippen LogP) is 10.4. The lowest BCUT2D eigenvalue weighted by Gasteiger charge is -2.20. The third-order valence-electron chi connectivity index (χ3n) is 9.44. The molecule has 0 aromatic heterocycles. The summed E-state index contributed by atoms with van der Waals surface area (Å²) < 4.78 is 0. The molecule has 0 heterocycles. The van der Waals surface area contributed by atoms with E-state index in [9.17, 15) is 19.2 Å². The van der Waals surface area contributed by atoms with Crippen molar-refractivity contribution in [1.29, 1.82) is 0 Å². The summed E-state index contributed by atoms with van der Waals surface area (Å²) >= 11 is 0. The van der Waals surface area contributed by atoms with Gasteiger partial charge in [-0.3, -0.25) is 19.2 Å². The molecule has 0 fully saturated rings. The summed E-state index contributed by atoms with van der Waals surface area (Å²) in [5.41, 5.74) is 6.00. The van der Waals surface area contributed by atoms with Crippen LogP contribution in [-0.4, -0.2) is 23.5 Å². The Kier molecular flexibility index (Phi) is 12.0. The highest BCUT2D eigenvalue weighted by molar-refractivity contribution is 6.09. The molecular weight excluding hydrogens is 707 g/mol. The van der Waals surface area contributed by atoms with Gasteiger partial charge in [0.1, 0.15) is 0 Å². The minimum atomic E-state index is -0.640. The predicted molar refractivity (Wildman–Crippen MR) is 227 cm³/mol. The zero-order valence-electron chi connectivity index (χ0n) is 30.9. The minimum Gasteiger partial charge on any atom is -0.325 e. The Bertz CT molecular complexity index is 2290. The standard InChI is InChI=1S/C50H39N3O4/c54-45(36-16-6-1-7-17-36)31-28-35-26-29-42(30-27-35)51-48(55)41-32-43(52-49(56)46(37-18-8-2-9-19-37)38-20-10-3-11-21-38)34-44(33-41)53-50(57)47(39-22-12-4-13-23-39)40-24-14-5-15-25-40/h1-34,46-47H,(H,51,55)(H,52,56)(H,53,57)/b31-28+. The molecule has 0 saturated carbocycles. The number of rotatable bonds is 13. The molecule has 0 radical (unpaired) electrons. The fraction of sp³-hybridized carbons (Fsp3) is 0.0400. The summed E-state index contributed by atoms with van der Waals surface area (Å²) in [5.74, 6) is -2.45. The molecule has 0 spiro atoms. The normalized spacial score (nSPS) is 11.0. The number of carbonyl (C=O) groups is 4. The van der Waals surface area contributed by atoms with Crippen molar-refractivity contribution >= 4 is 46.6 Å². The van der Waals surface area contributed by atoms with E-state index >= 15 is 0 Å². The molecule has 0 aliphatic heterocycles. The van der Waals surface area contributed by atoms with Gasteiger partial charge in [-0.25, -0.2) is 0 Å². The number of carbonyl (C=O) groups excluding carboxylic acids is 4. The maximum Gasteiger partial charge on any atom is 0.255 e. The van der Waals surface area contributed by atoms with E-state index in [0.29, 0.717) is 22.6 Å². The average molecular weight is 746 g/mol. The largest absolute Gasteiger partial charge is 0.325 e. The monoisotopic (exact) mass is 745 g/mol. The molecule has 7 heteroatoms. The maximum absolute atomic E-state index is 14.2. The van der Waals surface area contributed by atoms with E-state index in [1.54, 1.807) is 60.7 Å². The smallest absolute Gasteiger partial charge is 0.255 e. The molecule has 0 atom stereocenters. The van der Waals surface area contributed by atoms with Crippen LogP contribution < -0.4 is 16.0 Å². The van der Waals surface area contributed by atoms with Gasteiger partial charge in [0.05, 0.1) is 11.8 Å². The molecule has 7 nitrogen and oxygen atoms in total. The highest BCUT2D eigenvalue weighted by atomic mass is 16.2. The lowest BCUT2D eigenvalue weighted by molar-refractivity contribution is -0.117. The van der Waals surface area contributed by atoms with Crippen LogP contribution in [0, 0.1) is 0 Å². The molecule has 57 heavy (non-hydrogen) atoms. The van der Waals surface area contributed by atoms with Crippen molar-refractivity contribution in [3.8, 4) is 0 Å². The highest BCUT2D eigenvalue weighted by Gasteiger charge is 2.25. The lowest BCUT2D eigenvalue weighted by Crippen LogP contribution is -2.24. The van der Waals surface area contributed by atoms with Crippen LogP contribution in [0.25, 0.3) is 6.08 Å². The van der Waals surface area contributed by atoms with Gasteiger partial charge >= 0.3 is 0 Å². The van der Waals surface area contributed by atoms with E-state index in [-0.39, 0.29) is 23.2 Å². The number of hydrogen-bond donors (Lipinski definition) is 3. The van der Waals surface area contributed by atoms with Gasteiger partial charge in [-0.2, -0.15) is 0 Å². The number of hydrogen-bond acceptors (Lipinski definition) is 4. The molecule has 7 aromatic rings. The Morgan fingerprint density at radius 2 is 0.772 bits per heavy atom. The average Bonchev–Trinajstić information content (AvgIpc) is 3.25. The summed E-state index contributed by atoms with van der Waals surface area (Å²) in [6.07, 6.45) is 3.23. The van der Waals surface area contributed by atoms with Crippen LogP contribution in [0.15, 0.2) is 200 Å². The summed E-state index contributed by atoms with van der Waals surface area (Å²) in [4.78, 5) is 54.8. The molecule has 278 valence electrons. The third kappa shape index (κ3) is 9.73.